The van der Waals surface area contributed by atoms with Gasteiger partial charge >= 0.3 is 0 Å². The van der Waals surface area contributed by atoms with Crippen LogP contribution in [-0.2, 0) is 0 Å². The molecule has 0 bridgehead atoms. The molecule has 1 unspecified atom stereocenters. The highest BCUT2D eigenvalue weighted by Crippen LogP contribution is 2.27. The lowest BCUT2D eigenvalue weighted by atomic mass is 9.99. The highest BCUT2D eigenvalue weighted by atomic mass is 16.5. The first-order chi connectivity index (χ1) is 10.3. The Bertz CT molecular complexity index is 755. The first-order valence-corrected chi connectivity index (χ1v) is 6.69. The number of aromatic nitrogens is 3. The summed E-state index contributed by atoms with van der Waals surface area (Å²) >= 11 is 0. The zero-order valence-electron chi connectivity index (χ0n) is 11.9. The summed E-state index contributed by atoms with van der Waals surface area (Å²) in [6, 6.07) is 9.95. The van der Waals surface area contributed by atoms with Crippen LogP contribution in [0.15, 0.2) is 49.1 Å². The van der Waals surface area contributed by atoms with Gasteiger partial charge in [-0.1, -0.05) is 24.3 Å². The number of pyridine rings is 1. The fourth-order valence-corrected chi connectivity index (χ4v) is 2.46. The molecule has 1 atom stereocenters. The Morgan fingerprint density at radius 1 is 1.14 bits per heavy atom. The Morgan fingerprint density at radius 2 is 2.00 bits per heavy atom. The van der Waals surface area contributed by atoms with Gasteiger partial charge in [-0.2, -0.15) is 0 Å². The van der Waals surface area contributed by atoms with Crippen molar-refractivity contribution in [1.29, 1.82) is 0 Å². The third-order valence-electron chi connectivity index (χ3n) is 3.47. The summed E-state index contributed by atoms with van der Waals surface area (Å²) in [6.07, 6.45) is 5.25. The van der Waals surface area contributed by atoms with Crippen LogP contribution < -0.4 is 10.1 Å². The van der Waals surface area contributed by atoms with Crippen molar-refractivity contribution in [2.24, 2.45) is 0 Å². The molecule has 2 aromatic heterocycles. The number of hydrogen-bond donors (Lipinski definition) is 1. The highest BCUT2D eigenvalue weighted by molar-refractivity contribution is 5.85. The second kappa shape index (κ2) is 5.85. The van der Waals surface area contributed by atoms with E-state index in [1.165, 1.54) is 6.33 Å². The summed E-state index contributed by atoms with van der Waals surface area (Å²) in [4.78, 5) is 12.7. The topological polar surface area (TPSA) is 59.9 Å². The summed E-state index contributed by atoms with van der Waals surface area (Å²) in [5.41, 5.74) is 1.93. The van der Waals surface area contributed by atoms with Crippen molar-refractivity contribution >= 4 is 10.8 Å². The molecule has 0 saturated carbocycles. The molecule has 0 saturated heterocycles. The van der Waals surface area contributed by atoms with E-state index in [0.717, 1.165) is 22.0 Å². The van der Waals surface area contributed by atoms with E-state index in [-0.39, 0.29) is 6.04 Å². The van der Waals surface area contributed by atoms with Gasteiger partial charge in [0, 0.05) is 29.4 Å². The average Bonchev–Trinajstić information content (AvgIpc) is 2.56. The van der Waals surface area contributed by atoms with Crippen molar-refractivity contribution in [1.82, 2.24) is 20.3 Å². The molecule has 5 nitrogen and oxygen atoms in total. The molecule has 0 radical (unpaired) electrons. The molecule has 0 aliphatic carbocycles. The van der Waals surface area contributed by atoms with E-state index in [1.807, 2.05) is 37.6 Å². The Kier molecular flexibility index (Phi) is 3.75. The minimum atomic E-state index is -0.0690. The van der Waals surface area contributed by atoms with E-state index >= 15 is 0 Å². The van der Waals surface area contributed by atoms with E-state index in [9.17, 15) is 0 Å². The first-order valence-electron chi connectivity index (χ1n) is 6.69. The van der Waals surface area contributed by atoms with E-state index in [1.54, 1.807) is 7.11 Å². The van der Waals surface area contributed by atoms with Crippen LogP contribution in [0.25, 0.3) is 10.8 Å². The molecular weight excluding hydrogens is 264 g/mol. The van der Waals surface area contributed by atoms with Gasteiger partial charge in [0.1, 0.15) is 6.33 Å². The summed E-state index contributed by atoms with van der Waals surface area (Å²) in [5, 5.41) is 5.56. The number of fused-ring (bicyclic) bond motifs is 1. The standard InChI is InChI=1S/C16H16N4O/c1-17-16(14-7-15(21-2)20-10-19-14)13-9-18-8-11-5-3-4-6-12(11)13/h3-10,16-17H,1-2H3. The molecule has 21 heavy (non-hydrogen) atoms. The lowest BCUT2D eigenvalue weighted by Gasteiger charge is -2.18. The molecule has 0 fully saturated rings. The number of ether oxygens (including phenoxy) is 1. The van der Waals surface area contributed by atoms with Crippen LogP contribution in [0.4, 0.5) is 0 Å². The van der Waals surface area contributed by atoms with Gasteiger partial charge in [-0.05, 0) is 12.4 Å². The zero-order valence-corrected chi connectivity index (χ0v) is 11.9. The van der Waals surface area contributed by atoms with Crippen LogP contribution in [0.1, 0.15) is 17.3 Å². The second-order valence-corrected chi connectivity index (χ2v) is 4.66. The predicted molar refractivity (Wildman–Crippen MR) is 81.2 cm³/mol. The number of benzene rings is 1. The molecule has 0 spiro atoms. The van der Waals surface area contributed by atoms with Gasteiger partial charge in [0.2, 0.25) is 5.88 Å². The maximum Gasteiger partial charge on any atom is 0.216 e. The summed E-state index contributed by atoms with van der Waals surface area (Å²) < 4.78 is 5.18. The normalized spacial score (nSPS) is 12.3. The molecule has 0 aliphatic rings. The van der Waals surface area contributed by atoms with Crippen molar-refractivity contribution in [3.63, 3.8) is 0 Å². The molecule has 1 N–H and O–H groups in total. The number of hydrogen-bond acceptors (Lipinski definition) is 5. The molecule has 1 aromatic carbocycles. The number of rotatable bonds is 4. The van der Waals surface area contributed by atoms with Gasteiger partial charge in [-0.25, -0.2) is 9.97 Å². The summed E-state index contributed by atoms with van der Waals surface area (Å²) in [7, 11) is 3.50. The average molecular weight is 280 g/mol. The molecule has 3 aromatic rings. The van der Waals surface area contributed by atoms with Crippen LogP contribution in [0.5, 0.6) is 5.88 Å². The second-order valence-electron chi connectivity index (χ2n) is 4.66. The van der Waals surface area contributed by atoms with Crippen LogP contribution in [0.2, 0.25) is 0 Å². The highest BCUT2D eigenvalue weighted by Gasteiger charge is 2.17. The fourth-order valence-electron chi connectivity index (χ4n) is 2.46. The minimum Gasteiger partial charge on any atom is -0.481 e. The van der Waals surface area contributed by atoms with Crippen molar-refractivity contribution in [3.8, 4) is 5.88 Å². The van der Waals surface area contributed by atoms with Crippen molar-refractivity contribution in [2.75, 3.05) is 14.2 Å². The van der Waals surface area contributed by atoms with Crippen LogP contribution >= 0.6 is 0 Å². The van der Waals surface area contributed by atoms with Crippen LogP contribution in [0, 0.1) is 0 Å². The molecular formula is C16H16N4O. The van der Waals surface area contributed by atoms with Crippen molar-refractivity contribution in [3.05, 3.63) is 60.3 Å². The molecule has 0 aliphatic heterocycles. The summed E-state index contributed by atoms with van der Waals surface area (Å²) in [6.45, 7) is 0. The lowest BCUT2D eigenvalue weighted by molar-refractivity contribution is 0.395. The third kappa shape index (κ3) is 2.55. The van der Waals surface area contributed by atoms with Crippen LogP contribution in [0.3, 0.4) is 0 Å². The molecule has 3 rings (SSSR count). The quantitative estimate of drug-likeness (QED) is 0.795. The van der Waals surface area contributed by atoms with Gasteiger partial charge in [0.25, 0.3) is 0 Å². The largest absolute Gasteiger partial charge is 0.481 e. The molecule has 0 amide bonds. The first kappa shape index (κ1) is 13.5. The monoisotopic (exact) mass is 280 g/mol. The van der Waals surface area contributed by atoms with Crippen molar-refractivity contribution < 1.29 is 4.74 Å². The van der Waals surface area contributed by atoms with E-state index in [4.69, 9.17) is 4.74 Å². The zero-order chi connectivity index (χ0) is 14.7. The van der Waals surface area contributed by atoms with E-state index < -0.39 is 0 Å². The lowest BCUT2D eigenvalue weighted by Crippen LogP contribution is -2.19. The Balaban J connectivity index is 2.13. The number of methoxy groups -OCH3 is 1. The fraction of sp³-hybridized carbons (Fsp3) is 0.188. The maximum atomic E-state index is 5.18. The minimum absolute atomic E-state index is 0.0690. The molecule has 5 heteroatoms. The number of nitrogens with one attached hydrogen (secondary N) is 1. The van der Waals surface area contributed by atoms with Crippen LogP contribution in [-0.4, -0.2) is 29.1 Å². The van der Waals surface area contributed by atoms with Gasteiger partial charge in [0.05, 0.1) is 18.8 Å². The van der Waals surface area contributed by atoms with E-state index in [2.05, 4.69) is 32.4 Å². The SMILES string of the molecule is CNC(c1cc(OC)ncn1)c1cncc2ccccc12. The Hall–Kier alpha value is -2.53. The van der Waals surface area contributed by atoms with E-state index in [0.29, 0.717) is 5.88 Å². The molecule has 106 valence electrons. The van der Waals surface area contributed by atoms with Gasteiger partial charge in [-0.15, -0.1) is 0 Å². The van der Waals surface area contributed by atoms with Gasteiger partial charge in [-0.3, -0.25) is 4.98 Å². The maximum absolute atomic E-state index is 5.18. The third-order valence-corrected chi connectivity index (χ3v) is 3.47. The van der Waals surface area contributed by atoms with Gasteiger partial charge in [0.15, 0.2) is 0 Å². The van der Waals surface area contributed by atoms with Gasteiger partial charge < -0.3 is 10.1 Å². The summed E-state index contributed by atoms with van der Waals surface area (Å²) in [5.74, 6) is 0.549. The predicted octanol–water partition coefficient (Wildman–Crippen LogP) is 2.34. The Morgan fingerprint density at radius 3 is 2.81 bits per heavy atom. The molecule has 2 heterocycles. The number of nitrogens with zero attached hydrogens (tertiary/aromatic N) is 3. The van der Waals surface area contributed by atoms with Crippen molar-refractivity contribution in [2.45, 2.75) is 6.04 Å². The Labute approximate surface area is 123 Å². The smallest absolute Gasteiger partial charge is 0.216 e.